The third kappa shape index (κ3) is 1.91. The standard InChI is InChI=1S/C17H16N2O2/c1-3-11-6-4-5-10(2)15(11)19-16(20)13-8-7-12(18)9-14(13)17(19)21/h4-9H,3,18H2,1-2H3. The minimum absolute atomic E-state index is 0.279. The molecular weight excluding hydrogens is 264 g/mol. The summed E-state index contributed by atoms with van der Waals surface area (Å²) in [5.74, 6) is -0.578. The molecule has 2 N–H and O–H groups in total. The van der Waals surface area contributed by atoms with Crippen molar-refractivity contribution in [1.82, 2.24) is 0 Å². The van der Waals surface area contributed by atoms with E-state index in [0.717, 1.165) is 17.5 Å². The van der Waals surface area contributed by atoms with E-state index in [1.165, 1.54) is 4.90 Å². The van der Waals surface area contributed by atoms with Gasteiger partial charge in [0.2, 0.25) is 0 Å². The Morgan fingerprint density at radius 3 is 2.48 bits per heavy atom. The fourth-order valence-corrected chi connectivity index (χ4v) is 2.79. The smallest absolute Gasteiger partial charge is 0.266 e. The van der Waals surface area contributed by atoms with Crippen molar-refractivity contribution in [1.29, 1.82) is 0 Å². The molecule has 3 rings (SSSR count). The maximum Gasteiger partial charge on any atom is 0.266 e. The normalized spacial score (nSPS) is 13.7. The summed E-state index contributed by atoms with van der Waals surface area (Å²) in [6.07, 6.45) is 0.757. The van der Waals surface area contributed by atoms with Crippen LogP contribution in [0, 0.1) is 6.92 Å². The molecule has 2 amide bonds. The molecule has 0 unspecified atom stereocenters. The molecule has 0 aromatic heterocycles. The SMILES string of the molecule is CCc1cccc(C)c1N1C(=O)c2ccc(N)cc2C1=O. The van der Waals surface area contributed by atoms with Crippen molar-refractivity contribution >= 4 is 23.2 Å². The first kappa shape index (κ1) is 13.4. The van der Waals surface area contributed by atoms with Gasteiger partial charge in [-0.05, 0) is 42.7 Å². The number of benzene rings is 2. The molecule has 1 aliphatic rings. The van der Waals surface area contributed by atoms with E-state index in [-0.39, 0.29) is 11.8 Å². The number of anilines is 2. The molecule has 0 spiro atoms. The maximum absolute atomic E-state index is 12.6. The van der Waals surface area contributed by atoms with Crippen molar-refractivity contribution in [3.05, 3.63) is 58.7 Å². The zero-order valence-corrected chi connectivity index (χ0v) is 12.0. The van der Waals surface area contributed by atoms with E-state index < -0.39 is 0 Å². The number of nitrogens with zero attached hydrogens (tertiary/aromatic N) is 1. The summed E-state index contributed by atoms with van der Waals surface area (Å²) in [4.78, 5) is 26.5. The highest BCUT2D eigenvalue weighted by Gasteiger charge is 2.38. The molecule has 4 heteroatoms. The van der Waals surface area contributed by atoms with Crippen LogP contribution in [0.3, 0.4) is 0 Å². The number of rotatable bonds is 2. The number of carbonyl (C=O) groups excluding carboxylic acids is 2. The first-order valence-electron chi connectivity index (χ1n) is 6.91. The van der Waals surface area contributed by atoms with Gasteiger partial charge < -0.3 is 5.73 Å². The van der Waals surface area contributed by atoms with E-state index in [9.17, 15) is 9.59 Å². The van der Waals surface area contributed by atoms with E-state index in [1.54, 1.807) is 18.2 Å². The average Bonchev–Trinajstić information content (AvgIpc) is 2.70. The van der Waals surface area contributed by atoms with Gasteiger partial charge in [0, 0.05) is 5.69 Å². The monoisotopic (exact) mass is 280 g/mol. The number of para-hydroxylation sites is 1. The maximum atomic E-state index is 12.6. The number of amides is 2. The Kier molecular flexibility index (Phi) is 3.01. The molecule has 106 valence electrons. The van der Waals surface area contributed by atoms with E-state index >= 15 is 0 Å². The van der Waals surface area contributed by atoms with E-state index in [2.05, 4.69) is 0 Å². The minimum Gasteiger partial charge on any atom is -0.399 e. The highest BCUT2D eigenvalue weighted by Crippen LogP contribution is 2.34. The zero-order valence-electron chi connectivity index (χ0n) is 12.0. The van der Waals surface area contributed by atoms with Crippen LogP contribution in [0.25, 0.3) is 0 Å². The Morgan fingerprint density at radius 2 is 1.76 bits per heavy atom. The molecule has 0 aliphatic carbocycles. The summed E-state index contributed by atoms with van der Waals surface area (Å²) < 4.78 is 0. The Labute approximate surface area is 123 Å². The number of hydrogen-bond donors (Lipinski definition) is 1. The second-order valence-electron chi connectivity index (χ2n) is 5.19. The quantitative estimate of drug-likeness (QED) is 0.679. The molecule has 0 saturated heterocycles. The van der Waals surface area contributed by atoms with Gasteiger partial charge >= 0.3 is 0 Å². The third-order valence-electron chi connectivity index (χ3n) is 3.84. The summed E-state index contributed by atoms with van der Waals surface area (Å²) >= 11 is 0. The molecule has 2 aromatic rings. The summed E-state index contributed by atoms with van der Waals surface area (Å²) in [7, 11) is 0. The lowest BCUT2D eigenvalue weighted by atomic mass is 10.0. The molecule has 0 atom stereocenters. The van der Waals surface area contributed by atoms with Gasteiger partial charge in [-0.3, -0.25) is 9.59 Å². The van der Waals surface area contributed by atoms with Crippen molar-refractivity contribution in [3.8, 4) is 0 Å². The number of nitrogens with two attached hydrogens (primary N) is 1. The van der Waals surface area contributed by atoms with Crippen LogP contribution in [0.4, 0.5) is 11.4 Å². The predicted molar refractivity (Wildman–Crippen MR) is 82.6 cm³/mol. The summed E-state index contributed by atoms with van der Waals surface area (Å²) in [5, 5.41) is 0. The van der Waals surface area contributed by atoms with Crippen molar-refractivity contribution < 1.29 is 9.59 Å². The van der Waals surface area contributed by atoms with Crippen LogP contribution >= 0.6 is 0 Å². The van der Waals surface area contributed by atoms with E-state index in [1.807, 2.05) is 32.0 Å². The van der Waals surface area contributed by atoms with Gasteiger partial charge in [0.05, 0.1) is 16.8 Å². The number of imide groups is 1. The van der Waals surface area contributed by atoms with Crippen molar-refractivity contribution in [2.45, 2.75) is 20.3 Å². The van der Waals surface area contributed by atoms with Crippen LogP contribution in [0.1, 0.15) is 38.8 Å². The molecule has 1 aliphatic heterocycles. The highest BCUT2D eigenvalue weighted by molar-refractivity contribution is 6.35. The molecule has 0 fully saturated rings. The fourth-order valence-electron chi connectivity index (χ4n) is 2.79. The van der Waals surface area contributed by atoms with E-state index in [4.69, 9.17) is 5.73 Å². The molecule has 2 aromatic carbocycles. The lowest BCUT2D eigenvalue weighted by Crippen LogP contribution is -2.31. The Bertz CT molecular complexity index is 765. The van der Waals surface area contributed by atoms with Crippen LogP contribution in [0.15, 0.2) is 36.4 Å². The lowest BCUT2D eigenvalue weighted by molar-refractivity contribution is 0.0925. The van der Waals surface area contributed by atoms with Gasteiger partial charge in [-0.1, -0.05) is 25.1 Å². The number of carbonyl (C=O) groups is 2. The molecule has 21 heavy (non-hydrogen) atoms. The average molecular weight is 280 g/mol. The number of hydrogen-bond acceptors (Lipinski definition) is 3. The number of aryl methyl sites for hydroxylation is 2. The second-order valence-corrected chi connectivity index (χ2v) is 5.19. The lowest BCUT2D eigenvalue weighted by Gasteiger charge is -2.20. The van der Waals surface area contributed by atoms with Gasteiger partial charge in [0.25, 0.3) is 11.8 Å². The topological polar surface area (TPSA) is 63.4 Å². The molecular formula is C17H16N2O2. The van der Waals surface area contributed by atoms with Crippen molar-refractivity contribution in [3.63, 3.8) is 0 Å². The first-order chi connectivity index (χ1) is 10.0. The Balaban J connectivity index is 2.19. The van der Waals surface area contributed by atoms with Crippen LogP contribution in [0.5, 0.6) is 0 Å². The predicted octanol–water partition coefficient (Wildman–Crippen LogP) is 2.94. The number of fused-ring (bicyclic) bond motifs is 1. The molecule has 0 saturated carbocycles. The second kappa shape index (κ2) is 4.74. The van der Waals surface area contributed by atoms with Gasteiger partial charge in [-0.25, -0.2) is 4.90 Å². The molecule has 4 nitrogen and oxygen atoms in total. The zero-order chi connectivity index (χ0) is 15.1. The minimum atomic E-state index is -0.300. The van der Waals surface area contributed by atoms with Crippen LogP contribution < -0.4 is 10.6 Å². The van der Waals surface area contributed by atoms with Gasteiger partial charge in [-0.15, -0.1) is 0 Å². The fraction of sp³-hybridized carbons (Fsp3) is 0.176. The highest BCUT2D eigenvalue weighted by atomic mass is 16.2. The largest absolute Gasteiger partial charge is 0.399 e. The van der Waals surface area contributed by atoms with Crippen LogP contribution in [-0.4, -0.2) is 11.8 Å². The van der Waals surface area contributed by atoms with Gasteiger partial charge in [-0.2, -0.15) is 0 Å². The van der Waals surface area contributed by atoms with Crippen molar-refractivity contribution in [2.75, 3.05) is 10.6 Å². The Morgan fingerprint density at radius 1 is 1.05 bits per heavy atom. The summed E-state index contributed by atoms with van der Waals surface area (Å²) in [5.41, 5.74) is 9.60. The van der Waals surface area contributed by atoms with Gasteiger partial charge in [0.15, 0.2) is 0 Å². The molecule has 0 bridgehead atoms. The van der Waals surface area contributed by atoms with Crippen LogP contribution in [-0.2, 0) is 6.42 Å². The number of nitrogen functional groups attached to an aromatic ring is 1. The summed E-state index contributed by atoms with van der Waals surface area (Å²) in [6, 6.07) is 10.6. The van der Waals surface area contributed by atoms with Crippen molar-refractivity contribution in [2.24, 2.45) is 0 Å². The third-order valence-corrected chi connectivity index (χ3v) is 3.84. The van der Waals surface area contributed by atoms with Gasteiger partial charge in [0.1, 0.15) is 0 Å². The first-order valence-corrected chi connectivity index (χ1v) is 6.91. The van der Waals surface area contributed by atoms with Crippen LogP contribution in [0.2, 0.25) is 0 Å². The molecule has 1 heterocycles. The summed E-state index contributed by atoms with van der Waals surface area (Å²) in [6.45, 7) is 3.92. The Hall–Kier alpha value is -2.62. The molecule has 0 radical (unpaired) electrons. The van der Waals surface area contributed by atoms with E-state index in [0.29, 0.717) is 22.5 Å².